The van der Waals surface area contributed by atoms with Crippen LogP contribution in [0.15, 0.2) is 54.9 Å². The molecule has 200 valence electrons. The highest BCUT2D eigenvalue weighted by Gasteiger charge is 2.23. The summed E-state index contributed by atoms with van der Waals surface area (Å²) in [5.41, 5.74) is 4.19. The van der Waals surface area contributed by atoms with Crippen LogP contribution in [0.2, 0.25) is 0 Å². The van der Waals surface area contributed by atoms with Gasteiger partial charge in [-0.3, -0.25) is 4.57 Å². The molecule has 2 aliphatic heterocycles. The number of piperazine rings is 1. The lowest BCUT2D eigenvalue weighted by molar-refractivity contribution is 0.129. The number of anilines is 1. The van der Waals surface area contributed by atoms with Gasteiger partial charge in [-0.1, -0.05) is 0 Å². The molecule has 0 N–H and O–H groups in total. The second kappa shape index (κ2) is 11.3. The molecule has 0 bridgehead atoms. The molecule has 2 saturated heterocycles. The predicted molar refractivity (Wildman–Crippen MR) is 153 cm³/mol. The molecular weight excluding hydrogens is 476 g/mol. The Morgan fingerprint density at radius 1 is 0.868 bits per heavy atom. The van der Waals surface area contributed by atoms with E-state index in [9.17, 15) is 0 Å². The van der Waals surface area contributed by atoms with Crippen LogP contribution in [0, 0.1) is 5.92 Å². The summed E-state index contributed by atoms with van der Waals surface area (Å²) in [6, 6.07) is 16.9. The van der Waals surface area contributed by atoms with Crippen LogP contribution >= 0.6 is 0 Å². The number of nitrogens with zero attached hydrogens (tertiary/aromatic N) is 6. The molecule has 6 rings (SSSR count). The molecule has 2 aromatic carbocycles. The molecule has 4 heterocycles. The number of ether oxygens (including phenoxy) is 2. The number of piperidine rings is 1. The van der Waals surface area contributed by atoms with E-state index in [1.807, 2.05) is 29.1 Å². The van der Waals surface area contributed by atoms with E-state index in [-0.39, 0.29) is 0 Å². The Hall–Kier alpha value is -3.20. The van der Waals surface area contributed by atoms with Gasteiger partial charge in [0, 0.05) is 70.1 Å². The molecular formula is C30H38N6O2. The minimum Gasteiger partial charge on any atom is -0.491 e. The van der Waals surface area contributed by atoms with Crippen molar-refractivity contribution in [3.63, 3.8) is 0 Å². The number of hydrogen-bond donors (Lipinski definition) is 0. The number of fused-ring (bicyclic) bond motifs is 2. The number of hydrogen-bond acceptors (Lipinski definition) is 7. The third-order valence-corrected chi connectivity index (χ3v) is 8.07. The lowest BCUT2D eigenvalue weighted by atomic mass is 9.95. The van der Waals surface area contributed by atoms with E-state index >= 15 is 0 Å². The van der Waals surface area contributed by atoms with Gasteiger partial charge >= 0.3 is 0 Å². The van der Waals surface area contributed by atoms with Gasteiger partial charge in [-0.2, -0.15) is 0 Å². The van der Waals surface area contributed by atoms with Crippen molar-refractivity contribution in [3.05, 3.63) is 54.9 Å². The predicted octanol–water partition coefficient (Wildman–Crippen LogP) is 4.06. The zero-order valence-electron chi connectivity index (χ0n) is 22.6. The molecule has 8 heteroatoms. The molecule has 4 aromatic rings. The fourth-order valence-electron chi connectivity index (χ4n) is 5.71. The maximum atomic E-state index is 5.73. The van der Waals surface area contributed by atoms with Gasteiger partial charge in [0.2, 0.25) is 0 Å². The van der Waals surface area contributed by atoms with Crippen molar-refractivity contribution >= 4 is 27.6 Å². The maximum Gasteiger partial charge on any atom is 0.139 e. The Bertz CT molecular complexity index is 1370. The summed E-state index contributed by atoms with van der Waals surface area (Å²) in [6.07, 6.45) is 4.38. The van der Waals surface area contributed by atoms with Crippen LogP contribution in [-0.4, -0.2) is 97.5 Å². The Labute approximate surface area is 224 Å². The molecule has 38 heavy (non-hydrogen) atoms. The molecule has 2 aromatic heterocycles. The molecule has 0 saturated carbocycles. The van der Waals surface area contributed by atoms with Crippen molar-refractivity contribution in [2.24, 2.45) is 5.92 Å². The Kier molecular flexibility index (Phi) is 7.44. The molecule has 0 atom stereocenters. The van der Waals surface area contributed by atoms with Gasteiger partial charge in [0.25, 0.3) is 0 Å². The number of aromatic nitrogens is 3. The number of likely N-dealkylation sites (N-methyl/N-ethyl adjacent to an activating group) is 1. The van der Waals surface area contributed by atoms with Crippen molar-refractivity contribution in [3.8, 4) is 11.6 Å². The third-order valence-electron chi connectivity index (χ3n) is 8.07. The standard InChI is InChI=1S/C30H38N6O2/c1-33-13-15-34(16-14-33)21-23-9-11-35(12-10-23)25-4-6-27-24(19-25)3-8-30(32-27)36-22-31-28-20-26(5-7-29(28)36)38-18-17-37-2/h3-8,19-20,22-23H,9-18,21H2,1-2H3. The smallest absolute Gasteiger partial charge is 0.139 e. The van der Waals surface area contributed by atoms with E-state index in [0.29, 0.717) is 13.2 Å². The zero-order chi connectivity index (χ0) is 25.9. The van der Waals surface area contributed by atoms with E-state index in [4.69, 9.17) is 14.5 Å². The van der Waals surface area contributed by atoms with E-state index < -0.39 is 0 Å². The van der Waals surface area contributed by atoms with Crippen molar-refractivity contribution in [1.82, 2.24) is 24.3 Å². The summed E-state index contributed by atoms with van der Waals surface area (Å²) in [4.78, 5) is 17.2. The largest absolute Gasteiger partial charge is 0.491 e. The molecule has 0 radical (unpaired) electrons. The van der Waals surface area contributed by atoms with Crippen molar-refractivity contribution in [2.75, 3.05) is 78.1 Å². The van der Waals surface area contributed by atoms with Crippen LogP contribution in [0.1, 0.15) is 12.8 Å². The second-order valence-corrected chi connectivity index (χ2v) is 10.7. The average Bonchev–Trinajstić information content (AvgIpc) is 3.38. The van der Waals surface area contributed by atoms with Crippen LogP contribution in [0.3, 0.4) is 0 Å². The number of imidazole rings is 1. The monoisotopic (exact) mass is 514 g/mol. The van der Waals surface area contributed by atoms with E-state index in [0.717, 1.165) is 47.1 Å². The molecule has 0 aliphatic carbocycles. The van der Waals surface area contributed by atoms with Gasteiger partial charge in [-0.05, 0) is 68.3 Å². The van der Waals surface area contributed by atoms with Crippen molar-refractivity contribution in [2.45, 2.75) is 12.8 Å². The summed E-state index contributed by atoms with van der Waals surface area (Å²) in [6.45, 7) is 9.45. The summed E-state index contributed by atoms with van der Waals surface area (Å²) < 4.78 is 12.8. The molecule has 0 unspecified atom stereocenters. The molecule has 8 nitrogen and oxygen atoms in total. The highest BCUT2D eigenvalue weighted by atomic mass is 16.5. The highest BCUT2D eigenvalue weighted by molar-refractivity contribution is 5.84. The first-order valence-electron chi connectivity index (χ1n) is 13.8. The van der Waals surface area contributed by atoms with Gasteiger partial charge in [0.1, 0.15) is 24.5 Å². The average molecular weight is 515 g/mol. The van der Waals surface area contributed by atoms with Crippen LogP contribution in [-0.2, 0) is 4.74 Å². The number of methoxy groups -OCH3 is 1. The normalized spacial score (nSPS) is 18.0. The lowest BCUT2D eigenvalue weighted by Crippen LogP contribution is -2.47. The molecule has 0 spiro atoms. The minimum atomic E-state index is 0.519. The van der Waals surface area contributed by atoms with Crippen LogP contribution in [0.25, 0.3) is 27.8 Å². The van der Waals surface area contributed by atoms with Crippen molar-refractivity contribution < 1.29 is 9.47 Å². The van der Waals surface area contributed by atoms with Gasteiger partial charge in [-0.15, -0.1) is 0 Å². The maximum absolute atomic E-state index is 5.73. The van der Waals surface area contributed by atoms with Crippen LogP contribution in [0.5, 0.6) is 5.75 Å². The Morgan fingerprint density at radius 2 is 1.71 bits per heavy atom. The van der Waals surface area contributed by atoms with E-state index in [1.165, 1.54) is 56.6 Å². The van der Waals surface area contributed by atoms with Gasteiger partial charge in [-0.25, -0.2) is 9.97 Å². The van der Waals surface area contributed by atoms with Crippen LogP contribution in [0.4, 0.5) is 5.69 Å². The first-order valence-corrected chi connectivity index (χ1v) is 13.8. The fraction of sp³-hybridized carbons (Fsp3) is 0.467. The number of benzene rings is 2. The van der Waals surface area contributed by atoms with Gasteiger partial charge < -0.3 is 24.2 Å². The SMILES string of the molecule is COCCOc1ccc2c(c1)ncn2-c1ccc2cc(N3CCC(CN4CCN(C)CC4)CC3)ccc2n1. The Balaban J connectivity index is 1.12. The third kappa shape index (κ3) is 5.48. The van der Waals surface area contributed by atoms with Gasteiger partial charge in [0.05, 0.1) is 23.2 Å². The quantitative estimate of drug-likeness (QED) is 0.329. The Morgan fingerprint density at radius 3 is 2.53 bits per heavy atom. The van der Waals surface area contributed by atoms with Crippen LogP contribution < -0.4 is 9.64 Å². The van der Waals surface area contributed by atoms with Gasteiger partial charge in [0.15, 0.2) is 0 Å². The molecule has 0 amide bonds. The molecule has 2 aliphatic rings. The topological polar surface area (TPSA) is 58.9 Å². The lowest BCUT2D eigenvalue weighted by Gasteiger charge is -2.38. The minimum absolute atomic E-state index is 0.519. The first kappa shape index (κ1) is 25.1. The highest BCUT2D eigenvalue weighted by Crippen LogP contribution is 2.28. The van der Waals surface area contributed by atoms with E-state index in [2.05, 4.69) is 57.1 Å². The number of rotatable bonds is 8. The molecule has 2 fully saturated rings. The summed E-state index contributed by atoms with van der Waals surface area (Å²) >= 11 is 0. The van der Waals surface area contributed by atoms with E-state index in [1.54, 1.807) is 7.11 Å². The summed E-state index contributed by atoms with van der Waals surface area (Å²) in [7, 11) is 3.90. The summed E-state index contributed by atoms with van der Waals surface area (Å²) in [5.74, 6) is 2.48. The number of pyridine rings is 1. The second-order valence-electron chi connectivity index (χ2n) is 10.7. The first-order chi connectivity index (χ1) is 18.7. The summed E-state index contributed by atoms with van der Waals surface area (Å²) in [5, 5.41) is 1.17. The zero-order valence-corrected chi connectivity index (χ0v) is 22.6. The fourth-order valence-corrected chi connectivity index (χ4v) is 5.71. The van der Waals surface area contributed by atoms with Crippen molar-refractivity contribution in [1.29, 1.82) is 0 Å².